The predicted molar refractivity (Wildman–Crippen MR) is 55.7 cm³/mol. The molecule has 94 valence electrons. The van der Waals surface area contributed by atoms with E-state index < -0.39 is 23.6 Å². The van der Waals surface area contributed by atoms with E-state index in [2.05, 4.69) is 0 Å². The van der Waals surface area contributed by atoms with E-state index in [1.54, 1.807) is 0 Å². The lowest BCUT2D eigenvalue weighted by atomic mass is 9.99. The Morgan fingerprint density at radius 1 is 1.29 bits per heavy atom. The molecule has 0 aliphatic heterocycles. The van der Waals surface area contributed by atoms with Gasteiger partial charge in [-0.3, -0.25) is 0 Å². The van der Waals surface area contributed by atoms with Gasteiger partial charge in [-0.25, -0.2) is 4.39 Å². The van der Waals surface area contributed by atoms with Gasteiger partial charge in [-0.1, -0.05) is 25.0 Å². The van der Waals surface area contributed by atoms with Crippen LogP contribution in [0.4, 0.5) is 17.6 Å². The Morgan fingerprint density at radius 3 is 2.47 bits per heavy atom. The van der Waals surface area contributed by atoms with Gasteiger partial charge >= 0.3 is 6.18 Å². The van der Waals surface area contributed by atoms with E-state index in [4.69, 9.17) is 5.73 Å². The minimum atomic E-state index is -4.67. The maximum absolute atomic E-state index is 13.7. The summed E-state index contributed by atoms with van der Waals surface area (Å²) < 4.78 is 51.1. The molecule has 1 nitrogen and oxygen atoms in total. The molecule has 0 saturated heterocycles. The molecule has 0 bridgehead atoms. The van der Waals surface area contributed by atoms with Crippen molar-refractivity contribution in [3.63, 3.8) is 0 Å². The number of nitrogens with two attached hydrogens (primary N) is 1. The molecule has 2 rings (SSSR count). The molecular weight excluding hydrogens is 234 g/mol. The highest BCUT2D eigenvalue weighted by molar-refractivity contribution is 5.30. The first-order chi connectivity index (χ1) is 7.89. The third kappa shape index (κ3) is 2.77. The van der Waals surface area contributed by atoms with Crippen LogP contribution in [0.15, 0.2) is 18.2 Å². The summed E-state index contributed by atoms with van der Waals surface area (Å²) in [4.78, 5) is 0. The van der Waals surface area contributed by atoms with Gasteiger partial charge in [0.2, 0.25) is 0 Å². The third-order valence-corrected chi connectivity index (χ3v) is 3.02. The van der Waals surface area contributed by atoms with Crippen LogP contribution < -0.4 is 5.73 Å². The minimum Gasteiger partial charge on any atom is -0.324 e. The fourth-order valence-electron chi connectivity index (χ4n) is 1.89. The second kappa shape index (κ2) is 4.29. The Kier molecular flexibility index (Phi) is 3.12. The zero-order valence-electron chi connectivity index (χ0n) is 9.10. The Balaban J connectivity index is 2.27. The first-order valence-corrected chi connectivity index (χ1v) is 5.50. The molecule has 0 aromatic heterocycles. The molecule has 1 aliphatic carbocycles. The largest absolute Gasteiger partial charge is 0.419 e. The molecule has 17 heavy (non-hydrogen) atoms. The van der Waals surface area contributed by atoms with Gasteiger partial charge in [-0.05, 0) is 18.4 Å². The number of rotatable bonds is 3. The van der Waals surface area contributed by atoms with Crippen LogP contribution in [0.25, 0.3) is 0 Å². The van der Waals surface area contributed by atoms with Crippen molar-refractivity contribution in [1.82, 2.24) is 0 Å². The van der Waals surface area contributed by atoms with E-state index in [1.165, 1.54) is 12.1 Å². The lowest BCUT2D eigenvalue weighted by molar-refractivity contribution is -0.140. The lowest BCUT2D eigenvalue weighted by Gasteiger charge is -2.16. The topological polar surface area (TPSA) is 26.0 Å². The molecule has 1 aromatic rings. The van der Waals surface area contributed by atoms with Gasteiger partial charge in [-0.2, -0.15) is 13.2 Å². The number of alkyl halides is 3. The third-order valence-electron chi connectivity index (χ3n) is 3.02. The van der Waals surface area contributed by atoms with Crippen LogP contribution in [0.2, 0.25) is 0 Å². The molecule has 2 N–H and O–H groups in total. The number of hydrogen-bond donors (Lipinski definition) is 1. The van der Waals surface area contributed by atoms with Crippen LogP contribution in [-0.2, 0) is 6.18 Å². The second-order valence-corrected chi connectivity index (χ2v) is 4.49. The SMILES string of the molecule is N[C@H](CC1CC1)c1cccc(C(F)(F)F)c1F. The summed E-state index contributed by atoms with van der Waals surface area (Å²) in [6.45, 7) is 0. The van der Waals surface area contributed by atoms with Crippen molar-refractivity contribution in [2.24, 2.45) is 11.7 Å². The summed E-state index contributed by atoms with van der Waals surface area (Å²) in [5.74, 6) is -0.785. The maximum Gasteiger partial charge on any atom is 0.419 e. The monoisotopic (exact) mass is 247 g/mol. The highest BCUT2D eigenvalue weighted by Gasteiger charge is 2.36. The van der Waals surface area contributed by atoms with Crippen molar-refractivity contribution >= 4 is 0 Å². The zero-order chi connectivity index (χ0) is 12.6. The fraction of sp³-hybridized carbons (Fsp3) is 0.500. The second-order valence-electron chi connectivity index (χ2n) is 4.49. The molecule has 1 aromatic carbocycles. The van der Waals surface area contributed by atoms with Crippen molar-refractivity contribution in [1.29, 1.82) is 0 Å². The molecule has 1 fully saturated rings. The van der Waals surface area contributed by atoms with Crippen LogP contribution in [0.5, 0.6) is 0 Å². The van der Waals surface area contributed by atoms with Crippen molar-refractivity contribution in [3.8, 4) is 0 Å². The van der Waals surface area contributed by atoms with Crippen LogP contribution >= 0.6 is 0 Å². The Labute approximate surface area is 96.6 Å². The average Bonchev–Trinajstić information content (AvgIpc) is 3.00. The first kappa shape index (κ1) is 12.4. The summed E-state index contributed by atoms with van der Waals surface area (Å²) in [7, 11) is 0. The van der Waals surface area contributed by atoms with E-state index in [1.807, 2.05) is 0 Å². The van der Waals surface area contributed by atoms with Gasteiger partial charge < -0.3 is 5.73 Å². The summed E-state index contributed by atoms with van der Waals surface area (Å²) in [5, 5.41) is 0. The quantitative estimate of drug-likeness (QED) is 0.811. The molecule has 0 spiro atoms. The predicted octanol–water partition coefficient (Wildman–Crippen LogP) is 3.64. The maximum atomic E-state index is 13.7. The van der Waals surface area contributed by atoms with Gasteiger partial charge in [0.1, 0.15) is 5.82 Å². The zero-order valence-corrected chi connectivity index (χ0v) is 9.10. The first-order valence-electron chi connectivity index (χ1n) is 5.50. The normalized spacial score (nSPS) is 18.2. The minimum absolute atomic E-state index is 0.0354. The van der Waals surface area contributed by atoms with E-state index >= 15 is 0 Å². The molecule has 1 aliphatic rings. The molecule has 1 saturated carbocycles. The van der Waals surface area contributed by atoms with E-state index in [0.29, 0.717) is 12.3 Å². The molecule has 0 heterocycles. The van der Waals surface area contributed by atoms with Crippen LogP contribution in [0.3, 0.4) is 0 Å². The van der Waals surface area contributed by atoms with E-state index in [0.717, 1.165) is 18.9 Å². The van der Waals surface area contributed by atoms with Gasteiger partial charge in [0.25, 0.3) is 0 Å². The van der Waals surface area contributed by atoms with Gasteiger partial charge in [-0.15, -0.1) is 0 Å². The van der Waals surface area contributed by atoms with Crippen molar-refractivity contribution in [2.45, 2.75) is 31.5 Å². The Bertz CT molecular complexity index is 409. The van der Waals surface area contributed by atoms with Crippen molar-refractivity contribution < 1.29 is 17.6 Å². The van der Waals surface area contributed by atoms with Crippen molar-refractivity contribution in [2.75, 3.05) is 0 Å². The fourth-order valence-corrected chi connectivity index (χ4v) is 1.89. The summed E-state index contributed by atoms with van der Waals surface area (Å²) >= 11 is 0. The molecule has 0 radical (unpaired) electrons. The number of benzene rings is 1. The van der Waals surface area contributed by atoms with E-state index in [9.17, 15) is 17.6 Å². The van der Waals surface area contributed by atoms with E-state index in [-0.39, 0.29) is 5.56 Å². The van der Waals surface area contributed by atoms with Crippen LogP contribution in [-0.4, -0.2) is 0 Å². The molecule has 1 atom stereocenters. The van der Waals surface area contributed by atoms with Crippen LogP contribution in [0, 0.1) is 11.7 Å². The Morgan fingerprint density at radius 2 is 1.94 bits per heavy atom. The molecule has 0 unspecified atom stereocenters. The smallest absolute Gasteiger partial charge is 0.324 e. The summed E-state index contributed by atoms with van der Waals surface area (Å²) in [6, 6.07) is 2.62. The number of halogens is 4. The van der Waals surface area contributed by atoms with Gasteiger partial charge in [0.05, 0.1) is 5.56 Å². The Hall–Kier alpha value is -1.10. The van der Waals surface area contributed by atoms with Gasteiger partial charge in [0, 0.05) is 11.6 Å². The average molecular weight is 247 g/mol. The molecule has 5 heteroatoms. The highest BCUT2D eigenvalue weighted by atomic mass is 19.4. The lowest BCUT2D eigenvalue weighted by Crippen LogP contribution is -2.16. The molecule has 0 amide bonds. The van der Waals surface area contributed by atoms with Gasteiger partial charge in [0.15, 0.2) is 0 Å². The highest BCUT2D eigenvalue weighted by Crippen LogP contribution is 2.39. The van der Waals surface area contributed by atoms with Crippen molar-refractivity contribution in [3.05, 3.63) is 35.1 Å². The molecular formula is C12H13F4N. The standard InChI is InChI=1S/C12H13F4N/c13-11-8(10(17)6-7-4-5-7)2-1-3-9(11)12(14,15)16/h1-3,7,10H,4-6,17H2/t10-/m1/s1. The summed E-state index contributed by atoms with van der Waals surface area (Å²) in [6.07, 6.45) is -2.04. The number of hydrogen-bond acceptors (Lipinski definition) is 1. The van der Waals surface area contributed by atoms with Crippen LogP contribution in [0.1, 0.15) is 36.4 Å². The summed E-state index contributed by atoms with van der Waals surface area (Å²) in [5.41, 5.74) is 4.47.